The molecule has 158 valence electrons. The molecule has 4 rings (SSSR count). The number of benzene rings is 1. The molecule has 7 nitrogen and oxygen atoms in total. The number of fused-ring (bicyclic) bond motifs is 1. The molecule has 0 atom stereocenters. The highest BCUT2D eigenvalue weighted by atomic mass is 32.1. The topological polar surface area (TPSA) is 88.4 Å². The lowest BCUT2D eigenvalue weighted by atomic mass is 10.1. The third kappa shape index (κ3) is 4.56. The summed E-state index contributed by atoms with van der Waals surface area (Å²) in [4.78, 5) is 32.4. The maximum atomic E-state index is 13.0. The second-order valence-electron chi connectivity index (χ2n) is 6.50. The third-order valence-electron chi connectivity index (χ3n) is 4.31. The fourth-order valence-electron chi connectivity index (χ4n) is 2.85. The summed E-state index contributed by atoms with van der Waals surface area (Å²) in [5.74, 6) is -0.655. The second-order valence-corrected chi connectivity index (χ2v) is 7.36. The number of nitrogens with zero attached hydrogens (tertiary/aromatic N) is 3. The fraction of sp³-hybridized carbons (Fsp3) is 0.100. The van der Waals surface area contributed by atoms with Gasteiger partial charge in [0.15, 0.2) is 5.82 Å². The summed E-state index contributed by atoms with van der Waals surface area (Å²) < 4.78 is 39.8. The summed E-state index contributed by atoms with van der Waals surface area (Å²) in [6.07, 6.45) is -0.461. The fourth-order valence-corrected chi connectivity index (χ4v) is 3.79. The summed E-state index contributed by atoms with van der Waals surface area (Å²) >= 11 is 0.849. The highest BCUT2D eigenvalue weighted by Crippen LogP contribution is 2.34. The van der Waals surface area contributed by atoms with Crippen molar-refractivity contribution in [2.75, 3.05) is 10.6 Å². The molecule has 0 unspecified atom stereocenters. The van der Waals surface area contributed by atoms with Gasteiger partial charge in [0.1, 0.15) is 16.9 Å². The SMILES string of the molecule is O=C(Cc1ccc(NC(=O)c2cccnc2)cc1)Nc1ncn2c(C(F)(F)F)csc12. The number of hydrogen-bond donors (Lipinski definition) is 2. The van der Waals surface area contributed by atoms with Crippen LogP contribution in [0.4, 0.5) is 24.7 Å². The van der Waals surface area contributed by atoms with Crippen molar-refractivity contribution in [1.82, 2.24) is 14.4 Å². The predicted molar refractivity (Wildman–Crippen MR) is 109 cm³/mol. The van der Waals surface area contributed by atoms with Gasteiger partial charge in [0.25, 0.3) is 5.91 Å². The van der Waals surface area contributed by atoms with Crippen molar-refractivity contribution < 1.29 is 22.8 Å². The van der Waals surface area contributed by atoms with Crippen LogP contribution in [-0.2, 0) is 17.4 Å². The molecule has 0 aliphatic carbocycles. The molecule has 4 aromatic rings. The molecule has 3 aromatic heterocycles. The van der Waals surface area contributed by atoms with Crippen molar-refractivity contribution in [1.29, 1.82) is 0 Å². The van der Waals surface area contributed by atoms with Gasteiger partial charge in [-0.15, -0.1) is 11.3 Å². The van der Waals surface area contributed by atoms with Crippen LogP contribution in [0.5, 0.6) is 0 Å². The van der Waals surface area contributed by atoms with Crippen molar-refractivity contribution in [3.05, 3.63) is 77.3 Å². The van der Waals surface area contributed by atoms with Gasteiger partial charge in [-0.1, -0.05) is 12.1 Å². The van der Waals surface area contributed by atoms with E-state index >= 15 is 0 Å². The van der Waals surface area contributed by atoms with Gasteiger partial charge >= 0.3 is 6.18 Å². The molecule has 0 radical (unpaired) electrons. The Morgan fingerprint density at radius 3 is 2.55 bits per heavy atom. The van der Waals surface area contributed by atoms with Crippen molar-refractivity contribution in [2.24, 2.45) is 0 Å². The number of amides is 2. The van der Waals surface area contributed by atoms with E-state index in [2.05, 4.69) is 20.6 Å². The first-order chi connectivity index (χ1) is 14.8. The molecule has 0 bridgehead atoms. The lowest BCUT2D eigenvalue weighted by Crippen LogP contribution is -2.15. The monoisotopic (exact) mass is 445 g/mol. The number of rotatable bonds is 5. The van der Waals surface area contributed by atoms with E-state index in [1.165, 1.54) is 6.20 Å². The number of anilines is 2. The minimum atomic E-state index is -4.51. The van der Waals surface area contributed by atoms with Gasteiger partial charge in [-0.2, -0.15) is 13.2 Å². The molecule has 2 amide bonds. The lowest BCUT2D eigenvalue weighted by molar-refractivity contribution is -0.141. The first kappa shape index (κ1) is 20.5. The number of hydrogen-bond acceptors (Lipinski definition) is 5. The quantitative estimate of drug-likeness (QED) is 0.481. The van der Waals surface area contributed by atoms with E-state index in [9.17, 15) is 22.8 Å². The highest BCUT2D eigenvalue weighted by Gasteiger charge is 2.35. The van der Waals surface area contributed by atoms with Gasteiger partial charge in [-0.05, 0) is 29.8 Å². The zero-order chi connectivity index (χ0) is 22.0. The maximum absolute atomic E-state index is 13.0. The van der Waals surface area contributed by atoms with E-state index in [4.69, 9.17) is 0 Å². The van der Waals surface area contributed by atoms with Crippen molar-refractivity contribution in [3.63, 3.8) is 0 Å². The molecular weight excluding hydrogens is 431 g/mol. The van der Waals surface area contributed by atoms with Crippen LogP contribution in [0.2, 0.25) is 0 Å². The van der Waals surface area contributed by atoms with Crippen LogP contribution in [0.25, 0.3) is 4.83 Å². The predicted octanol–water partition coefficient (Wildman–Crippen LogP) is 4.24. The molecule has 1 aromatic carbocycles. The zero-order valence-corrected chi connectivity index (χ0v) is 16.5. The molecular formula is C20H14F3N5O2S. The minimum absolute atomic E-state index is 0.00659. The van der Waals surface area contributed by atoms with Crippen molar-refractivity contribution in [2.45, 2.75) is 12.6 Å². The van der Waals surface area contributed by atoms with Gasteiger partial charge in [0.05, 0.1) is 12.0 Å². The zero-order valence-electron chi connectivity index (χ0n) is 15.7. The number of aromatic nitrogens is 3. The Hall–Kier alpha value is -3.73. The Labute approximate surface area is 177 Å². The molecule has 0 spiro atoms. The molecule has 0 saturated carbocycles. The Morgan fingerprint density at radius 1 is 1.10 bits per heavy atom. The first-order valence-electron chi connectivity index (χ1n) is 8.93. The number of alkyl halides is 3. The molecule has 0 aliphatic rings. The van der Waals surface area contributed by atoms with E-state index < -0.39 is 17.8 Å². The Morgan fingerprint density at radius 2 is 1.87 bits per heavy atom. The average Bonchev–Trinajstić information content (AvgIpc) is 3.33. The van der Waals surface area contributed by atoms with Gasteiger partial charge in [-0.25, -0.2) is 4.98 Å². The van der Waals surface area contributed by atoms with Crippen LogP contribution in [0.3, 0.4) is 0 Å². The van der Waals surface area contributed by atoms with E-state index in [1.807, 2.05) is 0 Å². The molecule has 31 heavy (non-hydrogen) atoms. The largest absolute Gasteiger partial charge is 0.432 e. The number of imidazole rings is 1. The number of nitrogens with one attached hydrogen (secondary N) is 2. The van der Waals surface area contributed by atoms with Crippen molar-refractivity contribution in [3.8, 4) is 0 Å². The molecule has 2 N–H and O–H groups in total. The Balaban J connectivity index is 1.39. The number of carbonyl (C=O) groups excluding carboxylic acids is 2. The van der Waals surface area contributed by atoms with E-state index in [0.29, 0.717) is 16.8 Å². The normalized spacial score (nSPS) is 11.5. The summed E-state index contributed by atoms with van der Waals surface area (Å²) in [6.45, 7) is 0. The molecule has 11 heteroatoms. The first-order valence-corrected chi connectivity index (χ1v) is 9.81. The molecule has 0 fully saturated rings. The minimum Gasteiger partial charge on any atom is -0.322 e. The third-order valence-corrected chi connectivity index (χ3v) is 5.27. The van der Waals surface area contributed by atoms with Crippen LogP contribution < -0.4 is 10.6 Å². The average molecular weight is 445 g/mol. The maximum Gasteiger partial charge on any atom is 0.432 e. The second kappa shape index (κ2) is 8.19. The Bertz CT molecular complexity index is 1230. The lowest BCUT2D eigenvalue weighted by Gasteiger charge is -2.07. The highest BCUT2D eigenvalue weighted by molar-refractivity contribution is 7.16. The standard InChI is InChI=1S/C20H14F3N5O2S/c21-20(22,23)15-10-31-19-17(25-11-28(15)19)27-16(29)8-12-3-5-14(6-4-12)26-18(30)13-2-1-7-24-9-13/h1-7,9-11H,8H2,(H,26,30)(H,27,29). The van der Waals surface area contributed by atoms with Gasteiger partial charge in [0.2, 0.25) is 5.91 Å². The van der Waals surface area contributed by atoms with Crippen LogP contribution >= 0.6 is 11.3 Å². The van der Waals surface area contributed by atoms with Crippen LogP contribution in [0.15, 0.2) is 60.5 Å². The van der Waals surface area contributed by atoms with Gasteiger partial charge < -0.3 is 10.6 Å². The summed E-state index contributed by atoms with van der Waals surface area (Å²) in [7, 11) is 0. The van der Waals surface area contributed by atoms with E-state index in [-0.39, 0.29) is 23.0 Å². The van der Waals surface area contributed by atoms with Crippen LogP contribution in [0.1, 0.15) is 21.6 Å². The van der Waals surface area contributed by atoms with Crippen LogP contribution in [0, 0.1) is 0 Å². The number of thiazole rings is 1. The smallest absolute Gasteiger partial charge is 0.322 e. The number of pyridine rings is 1. The molecule has 0 saturated heterocycles. The van der Waals surface area contributed by atoms with E-state index in [1.54, 1.807) is 42.6 Å². The molecule has 0 aliphatic heterocycles. The summed E-state index contributed by atoms with van der Waals surface area (Å²) in [6, 6.07) is 9.95. The Kier molecular flexibility index (Phi) is 5.42. The summed E-state index contributed by atoms with van der Waals surface area (Å²) in [5.41, 5.74) is 0.783. The van der Waals surface area contributed by atoms with Gasteiger partial charge in [0, 0.05) is 23.5 Å². The van der Waals surface area contributed by atoms with E-state index in [0.717, 1.165) is 27.4 Å². The molecule has 3 heterocycles. The number of carbonyl (C=O) groups is 2. The number of halogens is 3. The van der Waals surface area contributed by atoms with Crippen LogP contribution in [-0.4, -0.2) is 26.2 Å². The van der Waals surface area contributed by atoms with Crippen molar-refractivity contribution >= 4 is 39.5 Å². The van der Waals surface area contributed by atoms with Gasteiger partial charge in [-0.3, -0.25) is 19.0 Å². The summed E-state index contributed by atoms with van der Waals surface area (Å²) in [5, 5.41) is 6.25.